The molecule has 0 aliphatic rings. The molecule has 0 aromatic rings. The number of hydrogen-bond donors (Lipinski definition) is 1. The molecule has 0 atom stereocenters. The molecule has 0 saturated carbocycles. The standard InChI is InChI=1S/C5H11N/c1-3-5-6-4-2/h6H,3,5H2,1-2H3. The molecule has 0 heterocycles. The van der Waals surface area contributed by atoms with Gasteiger partial charge in [0.2, 0.25) is 0 Å². The van der Waals surface area contributed by atoms with E-state index < -0.39 is 0 Å². The lowest BCUT2D eigenvalue weighted by Gasteiger charge is -1.81. The normalized spacial score (nSPS) is 10.3. The molecule has 0 aromatic carbocycles. The van der Waals surface area contributed by atoms with Crippen molar-refractivity contribution in [3.05, 3.63) is 0 Å². The van der Waals surface area contributed by atoms with Gasteiger partial charge in [-0.2, -0.15) is 0 Å². The summed E-state index contributed by atoms with van der Waals surface area (Å²) in [5.74, 6) is 0. The van der Waals surface area contributed by atoms with Crippen molar-refractivity contribution in [2.45, 2.75) is 20.3 Å². The Bertz CT molecular complexity index is 39.2. The van der Waals surface area contributed by atoms with Gasteiger partial charge in [0.15, 0.2) is 0 Å². The molecule has 0 aliphatic heterocycles. The summed E-state index contributed by atoms with van der Waals surface area (Å²) in [5.41, 5.74) is 0. The third-order valence-electron chi connectivity index (χ3n) is 0.552. The van der Waals surface area contributed by atoms with Crippen molar-refractivity contribution in [3.63, 3.8) is 0 Å². The maximum absolute atomic E-state index is 2.95. The summed E-state index contributed by atoms with van der Waals surface area (Å²) in [6.07, 6.45) is 4.00. The van der Waals surface area contributed by atoms with Gasteiger partial charge in [-0.1, -0.05) is 6.92 Å². The predicted molar refractivity (Wildman–Crippen MR) is 26.8 cm³/mol. The topological polar surface area (TPSA) is 14.0 Å². The van der Waals surface area contributed by atoms with E-state index in [1.54, 1.807) is 0 Å². The monoisotopic (exact) mass is 85.1 g/mol. The summed E-state index contributed by atoms with van der Waals surface area (Å²) < 4.78 is 0. The molecule has 0 spiro atoms. The molecule has 0 unspecified atom stereocenters. The molecule has 6 heavy (non-hydrogen) atoms. The Morgan fingerprint density at radius 1 is 1.67 bits per heavy atom. The lowest BCUT2D eigenvalue weighted by Crippen LogP contribution is -2.68. The molecule has 1 nitrogen and oxygen atoms in total. The molecule has 0 aliphatic carbocycles. The summed E-state index contributed by atoms with van der Waals surface area (Å²) in [6.45, 7) is 5.05. The second-order valence-corrected chi connectivity index (χ2v) is 1.18. The summed E-state index contributed by atoms with van der Waals surface area (Å²) in [4.78, 5) is 2.95. The predicted octanol–water partition coefficient (Wildman–Crippen LogP) is -0.555. The third-order valence-corrected chi connectivity index (χ3v) is 0.552. The lowest BCUT2D eigenvalue weighted by molar-refractivity contribution is -0.452. The Balaban J connectivity index is 2.66. The molecular weight excluding hydrogens is 74.1 g/mol. The van der Waals surface area contributed by atoms with Gasteiger partial charge in [-0.3, -0.25) is 0 Å². The minimum atomic E-state index is 1.05. The van der Waals surface area contributed by atoms with Gasteiger partial charge in [-0.15, -0.1) is 6.92 Å². The highest BCUT2D eigenvalue weighted by atomic mass is 14.7. The summed E-state index contributed by atoms with van der Waals surface area (Å²) in [7, 11) is 0. The van der Waals surface area contributed by atoms with Crippen molar-refractivity contribution in [1.82, 2.24) is 0 Å². The molecule has 0 radical (unpaired) electrons. The van der Waals surface area contributed by atoms with E-state index in [0.29, 0.717) is 0 Å². The van der Waals surface area contributed by atoms with E-state index in [1.165, 1.54) is 6.42 Å². The van der Waals surface area contributed by atoms with E-state index in [9.17, 15) is 0 Å². The van der Waals surface area contributed by atoms with Crippen LogP contribution < -0.4 is 4.99 Å². The highest BCUT2D eigenvalue weighted by Crippen LogP contribution is 1.55. The molecule has 36 valence electrons. The van der Waals surface area contributed by atoms with Crippen LogP contribution in [0.2, 0.25) is 0 Å². The SMILES string of the molecule is C[C-]=[NH+]CCC. The summed E-state index contributed by atoms with van der Waals surface area (Å²) >= 11 is 0. The van der Waals surface area contributed by atoms with Crippen LogP contribution in [-0.4, -0.2) is 12.8 Å². The smallest absolute Gasteiger partial charge is 0.109 e. The average molecular weight is 85.2 g/mol. The van der Waals surface area contributed by atoms with E-state index >= 15 is 0 Å². The Hall–Kier alpha value is -0.330. The largest absolute Gasteiger partial charge is 0.426 e. The van der Waals surface area contributed by atoms with Gasteiger partial charge in [0.05, 0.1) is 0 Å². The highest BCUT2D eigenvalue weighted by Gasteiger charge is 1.65. The van der Waals surface area contributed by atoms with Gasteiger partial charge in [0.1, 0.15) is 6.54 Å². The molecule has 0 aromatic heterocycles. The fourth-order valence-electron chi connectivity index (χ4n) is 0.250. The van der Waals surface area contributed by atoms with Crippen LogP contribution in [0.5, 0.6) is 0 Å². The fourth-order valence-corrected chi connectivity index (χ4v) is 0.250. The van der Waals surface area contributed by atoms with Crippen molar-refractivity contribution in [2.75, 3.05) is 6.54 Å². The number of hydrogen-bond acceptors (Lipinski definition) is 0. The second-order valence-electron chi connectivity index (χ2n) is 1.18. The number of rotatable bonds is 2. The van der Waals surface area contributed by atoms with Gasteiger partial charge in [0.25, 0.3) is 0 Å². The van der Waals surface area contributed by atoms with Gasteiger partial charge < -0.3 is 4.99 Å². The van der Waals surface area contributed by atoms with E-state index in [0.717, 1.165) is 6.54 Å². The van der Waals surface area contributed by atoms with Crippen LogP contribution in [0, 0.1) is 0 Å². The third kappa shape index (κ3) is 3.67. The fraction of sp³-hybridized carbons (Fsp3) is 0.800. The first-order chi connectivity index (χ1) is 2.91. The van der Waals surface area contributed by atoms with E-state index in [2.05, 4.69) is 18.1 Å². The van der Waals surface area contributed by atoms with Crippen LogP contribution in [0.4, 0.5) is 0 Å². The van der Waals surface area contributed by atoms with Crippen LogP contribution in [-0.2, 0) is 0 Å². The highest BCUT2D eigenvalue weighted by molar-refractivity contribution is 5.45. The van der Waals surface area contributed by atoms with Gasteiger partial charge in [-0.25, -0.2) is 6.21 Å². The van der Waals surface area contributed by atoms with Crippen molar-refractivity contribution in [3.8, 4) is 0 Å². The van der Waals surface area contributed by atoms with E-state index in [-0.39, 0.29) is 0 Å². The first kappa shape index (κ1) is 5.67. The first-order valence-electron chi connectivity index (χ1n) is 2.31. The minimum absolute atomic E-state index is 1.05. The summed E-state index contributed by atoms with van der Waals surface area (Å²) in [6, 6.07) is 0. The van der Waals surface area contributed by atoms with Crippen LogP contribution in [0.1, 0.15) is 20.3 Å². The maximum atomic E-state index is 2.95. The molecule has 0 saturated heterocycles. The van der Waals surface area contributed by atoms with E-state index in [4.69, 9.17) is 0 Å². The minimum Gasteiger partial charge on any atom is -0.426 e. The summed E-state index contributed by atoms with van der Waals surface area (Å²) in [5, 5.41) is 0. The van der Waals surface area contributed by atoms with Crippen LogP contribution >= 0.6 is 0 Å². The average Bonchev–Trinajstić information content (AvgIpc) is 1.61. The van der Waals surface area contributed by atoms with E-state index in [1.807, 2.05) is 6.92 Å². The Kier molecular flexibility index (Phi) is 4.41. The first-order valence-corrected chi connectivity index (χ1v) is 2.31. The van der Waals surface area contributed by atoms with Gasteiger partial charge >= 0.3 is 0 Å². The molecule has 0 fully saturated rings. The van der Waals surface area contributed by atoms with Crippen molar-refractivity contribution >= 4 is 6.21 Å². The zero-order chi connectivity index (χ0) is 4.83. The Labute approximate surface area is 39.1 Å². The zero-order valence-corrected chi connectivity index (χ0v) is 4.41. The van der Waals surface area contributed by atoms with Crippen molar-refractivity contribution in [2.24, 2.45) is 0 Å². The molecule has 0 bridgehead atoms. The quantitative estimate of drug-likeness (QED) is 0.341. The molecule has 0 amide bonds. The van der Waals surface area contributed by atoms with Crippen molar-refractivity contribution < 1.29 is 4.99 Å². The van der Waals surface area contributed by atoms with Crippen LogP contribution in [0.3, 0.4) is 0 Å². The molecule has 0 rings (SSSR count). The van der Waals surface area contributed by atoms with Gasteiger partial charge in [-0.05, 0) is 0 Å². The number of nitrogens with one attached hydrogen (secondary N) is 1. The molecular formula is C5H11N. The molecule has 1 N–H and O–H groups in total. The van der Waals surface area contributed by atoms with Crippen LogP contribution in [0.25, 0.3) is 0 Å². The van der Waals surface area contributed by atoms with Crippen molar-refractivity contribution in [1.29, 1.82) is 0 Å². The molecule has 1 heteroatoms. The van der Waals surface area contributed by atoms with Gasteiger partial charge in [0, 0.05) is 6.42 Å². The zero-order valence-electron chi connectivity index (χ0n) is 4.41. The Morgan fingerprint density at radius 2 is 2.33 bits per heavy atom. The Morgan fingerprint density at radius 3 is 2.50 bits per heavy atom. The maximum Gasteiger partial charge on any atom is 0.109 e. The lowest BCUT2D eigenvalue weighted by atomic mass is 10.5. The van der Waals surface area contributed by atoms with Crippen LogP contribution in [0.15, 0.2) is 0 Å². The second kappa shape index (κ2) is 4.67.